The van der Waals surface area contributed by atoms with Gasteiger partial charge in [-0.3, -0.25) is 0 Å². The average molecular weight is 363 g/mol. The highest BCUT2D eigenvalue weighted by molar-refractivity contribution is 5.89. The first-order valence-electron chi connectivity index (χ1n) is 8.34. The molecule has 1 aromatic rings. The predicted octanol–water partition coefficient (Wildman–Crippen LogP) is 4.48. The molecule has 0 aliphatic carbocycles. The van der Waals surface area contributed by atoms with Crippen molar-refractivity contribution in [3.8, 4) is 0 Å². The second-order valence-corrected chi connectivity index (χ2v) is 5.83. The molecule has 2 amide bonds. The van der Waals surface area contributed by atoms with Gasteiger partial charge in [-0.15, -0.1) is 0 Å². The Hall–Kier alpha value is -1.83. The zero-order valence-electron chi connectivity index (χ0n) is 14.7. The van der Waals surface area contributed by atoms with Crippen molar-refractivity contribution in [2.75, 3.05) is 25.0 Å². The van der Waals surface area contributed by atoms with E-state index in [1.807, 2.05) is 0 Å². The normalized spacial score (nSPS) is 13.0. The van der Waals surface area contributed by atoms with Crippen LogP contribution in [0.2, 0.25) is 0 Å². The van der Waals surface area contributed by atoms with Gasteiger partial charge in [-0.2, -0.15) is 13.2 Å². The summed E-state index contributed by atoms with van der Waals surface area (Å²) in [5.74, 6) is -1.49. The number of hydrogen-bond acceptors (Lipinski definition) is 2. The van der Waals surface area contributed by atoms with Gasteiger partial charge in [0.25, 0.3) is 0 Å². The molecule has 2 N–H and O–H groups in total. The smallest absolute Gasteiger partial charge is 0.335 e. The summed E-state index contributed by atoms with van der Waals surface area (Å²) >= 11 is 0. The maximum Gasteiger partial charge on any atom is 0.419 e. The molecule has 0 fully saturated rings. The second-order valence-electron chi connectivity index (χ2n) is 5.83. The lowest BCUT2D eigenvalue weighted by atomic mass is 10.1. The van der Waals surface area contributed by atoms with Crippen LogP contribution in [0.3, 0.4) is 0 Å². The summed E-state index contributed by atoms with van der Waals surface area (Å²) in [5.41, 5.74) is -1.90. The van der Waals surface area contributed by atoms with Crippen molar-refractivity contribution in [2.45, 2.75) is 45.8 Å². The summed E-state index contributed by atoms with van der Waals surface area (Å²) in [6, 6.07) is 1.87. The number of halogens is 4. The van der Waals surface area contributed by atoms with Crippen LogP contribution in [0.5, 0.6) is 0 Å². The third-order valence-electron chi connectivity index (χ3n) is 3.94. The second kappa shape index (κ2) is 9.60. The number of carbonyl (C=O) groups is 1. The minimum atomic E-state index is -4.81. The van der Waals surface area contributed by atoms with E-state index in [-0.39, 0.29) is 6.04 Å². The van der Waals surface area contributed by atoms with Crippen LogP contribution in [0.1, 0.15) is 39.2 Å². The van der Waals surface area contributed by atoms with E-state index in [1.165, 1.54) is 0 Å². The minimum Gasteiger partial charge on any atom is -0.335 e. The number of amides is 2. The monoisotopic (exact) mass is 363 g/mol. The van der Waals surface area contributed by atoms with Crippen LogP contribution in [-0.4, -0.2) is 36.6 Å². The maximum absolute atomic E-state index is 13.9. The zero-order chi connectivity index (χ0) is 19.0. The van der Waals surface area contributed by atoms with Crippen molar-refractivity contribution in [1.29, 1.82) is 0 Å². The predicted molar refractivity (Wildman–Crippen MR) is 90.0 cm³/mol. The lowest BCUT2D eigenvalue weighted by Gasteiger charge is -2.20. The Morgan fingerprint density at radius 2 is 1.88 bits per heavy atom. The number of nitrogens with zero attached hydrogens (tertiary/aromatic N) is 1. The maximum atomic E-state index is 13.9. The van der Waals surface area contributed by atoms with Crippen LogP contribution in [0.25, 0.3) is 0 Å². The lowest BCUT2D eigenvalue weighted by Crippen LogP contribution is -2.37. The average Bonchev–Trinajstić information content (AvgIpc) is 2.52. The Morgan fingerprint density at radius 3 is 2.44 bits per heavy atom. The van der Waals surface area contributed by atoms with Gasteiger partial charge in [0.05, 0.1) is 11.3 Å². The third kappa shape index (κ3) is 6.89. The van der Waals surface area contributed by atoms with Crippen molar-refractivity contribution in [3.63, 3.8) is 0 Å². The van der Waals surface area contributed by atoms with Gasteiger partial charge in [-0.05, 0) is 51.5 Å². The number of rotatable bonds is 8. The fourth-order valence-corrected chi connectivity index (χ4v) is 2.46. The Labute approximate surface area is 145 Å². The van der Waals surface area contributed by atoms with Gasteiger partial charge in [0, 0.05) is 6.04 Å². The first-order valence-corrected chi connectivity index (χ1v) is 8.34. The van der Waals surface area contributed by atoms with E-state index < -0.39 is 29.3 Å². The molecule has 0 heterocycles. The van der Waals surface area contributed by atoms with Crippen LogP contribution in [0.4, 0.5) is 28.0 Å². The number of benzene rings is 1. The minimum absolute atomic E-state index is 0.176. The number of nitrogens with one attached hydrogen (secondary N) is 2. The van der Waals surface area contributed by atoms with Gasteiger partial charge >= 0.3 is 12.2 Å². The number of hydrogen-bond donors (Lipinski definition) is 2. The standard InChI is InChI=1S/C17H25F4N3O/c1-4-24(5-2)11-7-8-12(3)22-16(25)23-14-10-6-9-13(15(14)18)17(19,20)21/h6,9-10,12H,4-5,7-8,11H2,1-3H3,(H2,22,23,25). The van der Waals surface area contributed by atoms with E-state index in [1.54, 1.807) is 6.92 Å². The Bertz CT molecular complexity index is 559. The molecule has 1 atom stereocenters. The highest BCUT2D eigenvalue weighted by Gasteiger charge is 2.35. The van der Waals surface area contributed by atoms with Crippen LogP contribution in [0, 0.1) is 5.82 Å². The summed E-state index contributed by atoms with van der Waals surface area (Å²) in [5, 5.41) is 4.75. The molecule has 25 heavy (non-hydrogen) atoms. The zero-order valence-corrected chi connectivity index (χ0v) is 14.7. The summed E-state index contributed by atoms with van der Waals surface area (Å²) in [4.78, 5) is 14.1. The topological polar surface area (TPSA) is 44.4 Å². The molecular formula is C17H25F4N3O. The highest BCUT2D eigenvalue weighted by atomic mass is 19.4. The molecule has 0 aromatic heterocycles. The number of alkyl halides is 3. The molecular weight excluding hydrogens is 338 g/mol. The molecule has 0 bridgehead atoms. The van der Waals surface area contributed by atoms with Crippen molar-refractivity contribution in [3.05, 3.63) is 29.6 Å². The van der Waals surface area contributed by atoms with Gasteiger partial charge in [0.1, 0.15) is 0 Å². The Balaban J connectivity index is 2.54. The lowest BCUT2D eigenvalue weighted by molar-refractivity contribution is -0.139. The van der Waals surface area contributed by atoms with E-state index in [9.17, 15) is 22.4 Å². The molecule has 0 saturated heterocycles. The molecule has 8 heteroatoms. The highest BCUT2D eigenvalue weighted by Crippen LogP contribution is 2.33. The quantitative estimate of drug-likeness (QED) is 0.669. The molecule has 4 nitrogen and oxygen atoms in total. The van der Waals surface area contributed by atoms with Gasteiger partial charge < -0.3 is 15.5 Å². The summed E-state index contributed by atoms with van der Waals surface area (Å²) in [7, 11) is 0. The molecule has 0 saturated carbocycles. The SMILES string of the molecule is CCN(CC)CCCC(C)NC(=O)Nc1cccc(C(F)(F)F)c1F. The van der Waals surface area contributed by atoms with E-state index in [4.69, 9.17) is 0 Å². The van der Waals surface area contributed by atoms with Crippen molar-refractivity contribution in [2.24, 2.45) is 0 Å². The number of urea groups is 1. The van der Waals surface area contributed by atoms with E-state index in [2.05, 4.69) is 29.4 Å². The first kappa shape index (κ1) is 21.2. The van der Waals surface area contributed by atoms with Gasteiger partial charge in [0.2, 0.25) is 0 Å². The Morgan fingerprint density at radius 1 is 1.24 bits per heavy atom. The molecule has 1 aromatic carbocycles. The number of carbonyl (C=O) groups excluding carboxylic acids is 1. The molecule has 0 aliphatic heterocycles. The van der Waals surface area contributed by atoms with Gasteiger partial charge in [-0.1, -0.05) is 19.9 Å². The molecule has 0 aliphatic rings. The summed E-state index contributed by atoms with van der Waals surface area (Å²) in [6.07, 6.45) is -3.22. The van der Waals surface area contributed by atoms with E-state index in [0.29, 0.717) is 6.07 Å². The fourth-order valence-electron chi connectivity index (χ4n) is 2.46. The first-order chi connectivity index (χ1) is 11.7. The molecule has 1 rings (SSSR count). The van der Waals surface area contributed by atoms with E-state index in [0.717, 1.165) is 44.6 Å². The summed E-state index contributed by atoms with van der Waals surface area (Å²) < 4.78 is 51.9. The van der Waals surface area contributed by atoms with Gasteiger partial charge in [0.15, 0.2) is 5.82 Å². The molecule has 1 unspecified atom stereocenters. The van der Waals surface area contributed by atoms with Crippen LogP contribution >= 0.6 is 0 Å². The van der Waals surface area contributed by atoms with E-state index >= 15 is 0 Å². The van der Waals surface area contributed by atoms with Crippen molar-refractivity contribution < 1.29 is 22.4 Å². The summed E-state index contributed by atoms with van der Waals surface area (Å²) in [6.45, 7) is 8.75. The fraction of sp³-hybridized carbons (Fsp3) is 0.588. The van der Waals surface area contributed by atoms with Crippen molar-refractivity contribution in [1.82, 2.24) is 10.2 Å². The molecule has 0 radical (unpaired) electrons. The van der Waals surface area contributed by atoms with Crippen molar-refractivity contribution >= 4 is 11.7 Å². The molecule has 0 spiro atoms. The van der Waals surface area contributed by atoms with Crippen LogP contribution in [0.15, 0.2) is 18.2 Å². The molecule has 142 valence electrons. The Kier molecular flexibility index (Phi) is 8.15. The van der Waals surface area contributed by atoms with Gasteiger partial charge in [-0.25, -0.2) is 9.18 Å². The van der Waals surface area contributed by atoms with Crippen LogP contribution < -0.4 is 10.6 Å². The third-order valence-corrected chi connectivity index (χ3v) is 3.94. The largest absolute Gasteiger partial charge is 0.419 e. The van der Waals surface area contributed by atoms with Crippen LogP contribution in [-0.2, 0) is 6.18 Å². The number of anilines is 1.